The Hall–Kier alpha value is -4.22. The van der Waals surface area contributed by atoms with Crippen LogP contribution in [0.1, 0.15) is 18.9 Å². The van der Waals surface area contributed by atoms with Crippen LogP contribution >= 0.6 is 0 Å². The second-order valence-corrected chi connectivity index (χ2v) is 9.17. The number of fused-ring (bicyclic) bond motifs is 2. The zero-order valence-electron chi connectivity index (χ0n) is 20.4. The van der Waals surface area contributed by atoms with Crippen molar-refractivity contribution < 1.29 is 23.1 Å². The lowest BCUT2D eigenvalue weighted by molar-refractivity contribution is -0.131. The van der Waals surface area contributed by atoms with Crippen LogP contribution in [0.3, 0.4) is 0 Å². The zero-order valence-corrected chi connectivity index (χ0v) is 20.4. The molecule has 0 radical (unpaired) electrons. The molecule has 0 spiro atoms. The first-order chi connectivity index (χ1) is 17.7. The molecule has 0 aliphatic carbocycles. The number of benzene rings is 1. The Bertz CT molecular complexity index is 1400. The van der Waals surface area contributed by atoms with Crippen LogP contribution in [-0.4, -0.2) is 65.3 Å². The summed E-state index contributed by atoms with van der Waals surface area (Å²) in [5.74, 6) is -0.146. The quantitative estimate of drug-likeness (QED) is 0.397. The molecule has 37 heavy (non-hydrogen) atoms. The number of urea groups is 1. The number of rotatable bonds is 3. The third-order valence-corrected chi connectivity index (χ3v) is 6.78. The fraction of sp³-hybridized carbons (Fsp3) is 0.360. The first-order valence-electron chi connectivity index (χ1n) is 11.9. The molecule has 2 atom stereocenters. The number of alkyl halides is 1. The van der Waals surface area contributed by atoms with Crippen molar-refractivity contribution in [1.82, 2.24) is 20.2 Å². The number of nitrogens with one attached hydrogen (secondary N) is 3. The standard InChI is InChI=1S/C25H27F2N7O3/c1-12-16(9-31-24-23(12)29-4-6-37-24)15-7-14-8-20(30-10-17(14)22(28)21(15)27)33-25(36)32-19-3-5-34(13(2)35)11-18(19)26/h7-10,18-19,29H,3-6,11,28H2,1-2H3,(H2,30,32,33,36)/t18-,19+/m1/s1. The molecule has 3 aromatic rings. The van der Waals surface area contributed by atoms with Gasteiger partial charge in [0.15, 0.2) is 5.82 Å². The van der Waals surface area contributed by atoms with E-state index in [0.717, 1.165) is 5.56 Å². The molecule has 2 aliphatic rings. The number of halogens is 2. The van der Waals surface area contributed by atoms with E-state index >= 15 is 4.39 Å². The Balaban J connectivity index is 1.39. The fourth-order valence-corrected chi connectivity index (χ4v) is 4.73. The van der Waals surface area contributed by atoms with Gasteiger partial charge in [-0.3, -0.25) is 10.1 Å². The first kappa shape index (κ1) is 24.5. The van der Waals surface area contributed by atoms with Gasteiger partial charge >= 0.3 is 6.03 Å². The predicted molar refractivity (Wildman–Crippen MR) is 136 cm³/mol. The van der Waals surface area contributed by atoms with E-state index in [-0.39, 0.29) is 29.5 Å². The molecule has 2 aromatic heterocycles. The molecule has 0 saturated carbocycles. The normalized spacial score (nSPS) is 19.0. The Morgan fingerprint density at radius 3 is 2.81 bits per heavy atom. The largest absolute Gasteiger partial charge is 0.474 e. The van der Waals surface area contributed by atoms with Gasteiger partial charge in [-0.2, -0.15) is 0 Å². The second-order valence-electron chi connectivity index (χ2n) is 9.17. The third-order valence-electron chi connectivity index (χ3n) is 6.78. The molecular formula is C25H27F2N7O3. The summed E-state index contributed by atoms with van der Waals surface area (Å²) in [5.41, 5.74) is 8.33. The van der Waals surface area contributed by atoms with Crippen LogP contribution in [0, 0.1) is 12.7 Å². The zero-order chi connectivity index (χ0) is 26.3. The van der Waals surface area contributed by atoms with Gasteiger partial charge in [0.2, 0.25) is 11.8 Å². The number of nitrogens with zero attached hydrogens (tertiary/aromatic N) is 3. The molecule has 12 heteroatoms. The number of carbonyl (C=O) groups excluding carboxylic acids is 2. The summed E-state index contributed by atoms with van der Waals surface area (Å²) in [6, 6.07) is 1.83. The minimum absolute atomic E-state index is 0.0687. The topological polar surface area (TPSA) is 134 Å². The molecule has 1 saturated heterocycles. The van der Waals surface area contributed by atoms with Gasteiger partial charge in [0.05, 0.1) is 18.3 Å². The lowest BCUT2D eigenvalue weighted by Crippen LogP contribution is -2.54. The van der Waals surface area contributed by atoms with Gasteiger partial charge in [-0.05, 0) is 36.4 Å². The number of pyridine rings is 2. The van der Waals surface area contributed by atoms with Gasteiger partial charge in [0.25, 0.3) is 0 Å². The monoisotopic (exact) mass is 511 g/mol. The van der Waals surface area contributed by atoms with E-state index in [9.17, 15) is 14.0 Å². The Morgan fingerprint density at radius 2 is 2.05 bits per heavy atom. The fourth-order valence-electron chi connectivity index (χ4n) is 4.73. The molecule has 1 fully saturated rings. The number of nitrogens with two attached hydrogens (primary N) is 1. The minimum atomic E-state index is -1.38. The highest BCUT2D eigenvalue weighted by Crippen LogP contribution is 2.39. The number of ether oxygens (including phenoxy) is 1. The SMILES string of the molecule is CC(=O)N1CC[C@H](NC(=O)Nc2cc3cc(-c4cnc5c(c4C)NCCO5)c(F)c(N)c3cn2)[C@H](F)C1. The van der Waals surface area contributed by atoms with Gasteiger partial charge in [0.1, 0.15) is 24.3 Å². The van der Waals surface area contributed by atoms with Crippen LogP contribution < -0.4 is 26.4 Å². The maximum absolute atomic E-state index is 15.3. The summed E-state index contributed by atoms with van der Waals surface area (Å²) in [7, 11) is 0. The number of aromatic nitrogens is 2. The van der Waals surface area contributed by atoms with Crippen LogP contribution in [-0.2, 0) is 4.79 Å². The van der Waals surface area contributed by atoms with Crippen molar-refractivity contribution in [3.8, 4) is 17.0 Å². The lowest BCUT2D eigenvalue weighted by Gasteiger charge is -2.34. The van der Waals surface area contributed by atoms with Crippen LogP contribution in [0.2, 0.25) is 0 Å². The average Bonchev–Trinajstić information content (AvgIpc) is 2.88. The van der Waals surface area contributed by atoms with Crippen LogP contribution in [0.15, 0.2) is 24.5 Å². The number of nitrogen functional groups attached to an aromatic ring is 1. The van der Waals surface area contributed by atoms with Crippen LogP contribution in [0.5, 0.6) is 5.88 Å². The van der Waals surface area contributed by atoms with Crippen LogP contribution in [0.4, 0.5) is 30.8 Å². The van der Waals surface area contributed by atoms with Crippen molar-refractivity contribution in [2.45, 2.75) is 32.5 Å². The van der Waals surface area contributed by atoms with Crippen molar-refractivity contribution in [3.05, 3.63) is 35.9 Å². The summed E-state index contributed by atoms with van der Waals surface area (Å²) in [6.07, 6.45) is 1.84. The van der Waals surface area contributed by atoms with E-state index in [1.807, 2.05) is 6.92 Å². The highest BCUT2D eigenvalue weighted by molar-refractivity contribution is 6.00. The molecule has 0 bridgehead atoms. The van der Waals surface area contributed by atoms with Gasteiger partial charge in [0, 0.05) is 48.9 Å². The molecule has 5 rings (SSSR count). The summed E-state index contributed by atoms with van der Waals surface area (Å²) >= 11 is 0. The predicted octanol–water partition coefficient (Wildman–Crippen LogP) is 3.21. The van der Waals surface area contributed by atoms with Gasteiger partial charge in [-0.15, -0.1) is 0 Å². The smallest absolute Gasteiger partial charge is 0.320 e. The van der Waals surface area contributed by atoms with Crippen molar-refractivity contribution in [3.63, 3.8) is 0 Å². The third kappa shape index (κ3) is 4.66. The van der Waals surface area contributed by atoms with Crippen LogP contribution in [0.25, 0.3) is 21.9 Å². The number of hydrogen-bond donors (Lipinski definition) is 4. The van der Waals surface area contributed by atoms with Crippen molar-refractivity contribution in [2.75, 3.05) is 42.6 Å². The Morgan fingerprint density at radius 1 is 1.24 bits per heavy atom. The first-order valence-corrected chi connectivity index (χ1v) is 11.9. The highest BCUT2D eigenvalue weighted by Gasteiger charge is 2.31. The van der Waals surface area contributed by atoms with E-state index in [2.05, 4.69) is 25.9 Å². The Kier molecular flexibility index (Phi) is 6.40. The van der Waals surface area contributed by atoms with E-state index in [1.54, 1.807) is 18.3 Å². The maximum Gasteiger partial charge on any atom is 0.320 e. The minimum Gasteiger partial charge on any atom is -0.474 e. The molecule has 194 valence electrons. The molecular weight excluding hydrogens is 484 g/mol. The number of hydrogen-bond acceptors (Lipinski definition) is 7. The average molecular weight is 512 g/mol. The Labute approximate surface area is 211 Å². The van der Waals surface area contributed by atoms with Gasteiger partial charge in [-0.25, -0.2) is 23.5 Å². The van der Waals surface area contributed by atoms with Gasteiger partial charge < -0.3 is 26.0 Å². The van der Waals surface area contributed by atoms with E-state index in [1.165, 1.54) is 18.0 Å². The van der Waals surface area contributed by atoms with Crippen molar-refractivity contribution in [2.24, 2.45) is 0 Å². The summed E-state index contributed by atoms with van der Waals surface area (Å²) < 4.78 is 35.4. The summed E-state index contributed by atoms with van der Waals surface area (Å²) in [6.45, 7) is 4.64. The van der Waals surface area contributed by atoms with Crippen molar-refractivity contribution in [1.29, 1.82) is 0 Å². The molecule has 3 amide bonds. The van der Waals surface area contributed by atoms with Gasteiger partial charge in [-0.1, -0.05) is 0 Å². The molecule has 5 N–H and O–H groups in total. The summed E-state index contributed by atoms with van der Waals surface area (Å²) in [5, 5.41) is 9.38. The van der Waals surface area contributed by atoms with E-state index < -0.39 is 24.1 Å². The molecule has 1 aromatic carbocycles. The highest BCUT2D eigenvalue weighted by atomic mass is 19.1. The van der Waals surface area contributed by atoms with Crippen molar-refractivity contribution >= 4 is 39.9 Å². The molecule has 10 nitrogen and oxygen atoms in total. The lowest BCUT2D eigenvalue weighted by atomic mass is 9.97. The van der Waals surface area contributed by atoms with E-state index in [4.69, 9.17) is 10.5 Å². The number of anilines is 3. The molecule has 2 aliphatic heterocycles. The number of amides is 3. The number of likely N-dealkylation sites (tertiary alicyclic amines) is 1. The van der Waals surface area contributed by atoms with E-state index in [0.29, 0.717) is 54.0 Å². The number of carbonyl (C=O) groups is 2. The second kappa shape index (κ2) is 9.68. The molecule has 4 heterocycles. The summed E-state index contributed by atoms with van der Waals surface area (Å²) in [4.78, 5) is 33.9. The molecule has 0 unspecified atom stereocenters. The number of piperidine rings is 1. The maximum atomic E-state index is 15.3.